The minimum Gasteiger partial charge on any atom is -0.384 e. The number of hydrogen-bond acceptors (Lipinski definition) is 6. The number of pyridine rings is 4. The van der Waals surface area contributed by atoms with Crippen molar-refractivity contribution in [2.45, 2.75) is 26.8 Å². The van der Waals surface area contributed by atoms with Crippen LogP contribution in [0.25, 0.3) is 10.9 Å². The lowest BCUT2D eigenvalue weighted by Gasteiger charge is -2.12. The van der Waals surface area contributed by atoms with Crippen molar-refractivity contribution in [2.24, 2.45) is 0 Å². The number of halogens is 1. The zero-order valence-electron chi connectivity index (χ0n) is 17.2. The van der Waals surface area contributed by atoms with Gasteiger partial charge in [0.05, 0.1) is 16.7 Å². The van der Waals surface area contributed by atoms with Crippen LogP contribution in [-0.4, -0.2) is 25.8 Å². The molecule has 0 bridgehead atoms. The van der Waals surface area contributed by atoms with Crippen molar-refractivity contribution in [3.8, 4) is 0 Å². The third-order valence-corrected chi connectivity index (χ3v) is 5.24. The largest absolute Gasteiger partial charge is 0.384 e. The van der Waals surface area contributed by atoms with E-state index >= 15 is 0 Å². The highest BCUT2D eigenvalue weighted by atomic mass is 35.5. The van der Waals surface area contributed by atoms with E-state index in [-0.39, 0.29) is 5.91 Å². The van der Waals surface area contributed by atoms with E-state index in [0.717, 1.165) is 39.1 Å². The zero-order valence-corrected chi connectivity index (χ0v) is 17.9. The van der Waals surface area contributed by atoms with E-state index in [1.165, 1.54) is 0 Å². The van der Waals surface area contributed by atoms with E-state index in [1.54, 1.807) is 36.8 Å². The Kier molecular flexibility index (Phi) is 5.77. The molecule has 0 saturated heterocycles. The fourth-order valence-electron chi connectivity index (χ4n) is 3.47. The van der Waals surface area contributed by atoms with Crippen LogP contribution in [-0.2, 0) is 13.0 Å². The van der Waals surface area contributed by atoms with E-state index in [1.807, 2.05) is 26.0 Å². The molecule has 4 rings (SSSR count). The van der Waals surface area contributed by atoms with E-state index in [9.17, 15) is 4.79 Å². The summed E-state index contributed by atoms with van der Waals surface area (Å²) in [6, 6.07) is 9.05. The van der Waals surface area contributed by atoms with Gasteiger partial charge in [-0.15, -0.1) is 0 Å². The molecule has 0 spiro atoms. The molecule has 0 saturated carbocycles. The van der Waals surface area contributed by atoms with Gasteiger partial charge >= 0.3 is 0 Å². The molecule has 0 aliphatic heterocycles. The Balaban J connectivity index is 1.48. The highest BCUT2D eigenvalue weighted by Crippen LogP contribution is 2.18. The Morgan fingerprint density at radius 1 is 1.06 bits per heavy atom. The highest BCUT2D eigenvalue weighted by molar-refractivity contribution is 6.31. The van der Waals surface area contributed by atoms with Crippen LogP contribution in [0.15, 0.2) is 48.9 Å². The number of nitrogen functional groups attached to an aromatic ring is 1. The van der Waals surface area contributed by atoms with Gasteiger partial charge in [0.15, 0.2) is 0 Å². The number of aromatic nitrogens is 4. The third kappa shape index (κ3) is 4.78. The predicted molar refractivity (Wildman–Crippen MR) is 121 cm³/mol. The molecule has 4 aromatic heterocycles. The summed E-state index contributed by atoms with van der Waals surface area (Å²) in [4.78, 5) is 30.1. The lowest BCUT2D eigenvalue weighted by atomic mass is 10.1. The van der Waals surface area contributed by atoms with Gasteiger partial charge < -0.3 is 11.1 Å². The summed E-state index contributed by atoms with van der Waals surface area (Å²) in [5.41, 5.74) is 11.4. The summed E-state index contributed by atoms with van der Waals surface area (Å²) < 4.78 is 0. The molecular weight excluding hydrogens is 412 g/mol. The lowest BCUT2D eigenvalue weighted by molar-refractivity contribution is 0.0950. The predicted octanol–water partition coefficient (Wildman–Crippen LogP) is 3.79. The fourth-order valence-corrected chi connectivity index (χ4v) is 3.64. The number of fused-ring (bicyclic) bond motifs is 1. The molecular formula is C23H21ClN6O. The average molecular weight is 433 g/mol. The highest BCUT2D eigenvalue weighted by Gasteiger charge is 2.11. The quantitative estimate of drug-likeness (QED) is 0.496. The summed E-state index contributed by atoms with van der Waals surface area (Å²) in [6.45, 7) is 4.21. The standard InChI is InChI=1S/C23H21ClN6O/c1-13-5-22(25)30-14(2)20(13)11-29-23(31)15-3-4-26-18(7-15)9-19-8-16-6-17(24)10-28-21(16)12-27-19/h3-8,10,12H,9,11H2,1-2H3,(H2,25,30)(H,29,31). The first-order chi connectivity index (χ1) is 14.9. The summed E-state index contributed by atoms with van der Waals surface area (Å²) in [5.74, 6) is 0.297. The van der Waals surface area contributed by atoms with Gasteiger partial charge in [0, 0.05) is 53.4 Å². The Hall–Kier alpha value is -3.58. The molecule has 0 aromatic carbocycles. The van der Waals surface area contributed by atoms with Crippen molar-refractivity contribution < 1.29 is 4.79 Å². The van der Waals surface area contributed by atoms with E-state index < -0.39 is 0 Å². The van der Waals surface area contributed by atoms with Crippen molar-refractivity contribution in [1.29, 1.82) is 0 Å². The van der Waals surface area contributed by atoms with Gasteiger partial charge in [-0.1, -0.05) is 11.6 Å². The van der Waals surface area contributed by atoms with Crippen LogP contribution >= 0.6 is 11.6 Å². The number of rotatable bonds is 5. The smallest absolute Gasteiger partial charge is 0.251 e. The maximum Gasteiger partial charge on any atom is 0.251 e. The van der Waals surface area contributed by atoms with Crippen LogP contribution in [0.5, 0.6) is 0 Å². The second-order valence-corrected chi connectivity index (χ2v) is 7.78. The van der Waals surface area contributed by atoms with Crippen LogP contribution < -0.4 is 11.1 Å². The molecule has 0 fully saturated rings. The summed E-state index contributed by atoms with van der Waals surface area (Å²) in [6.07, 6.45) is 5.43. The number of nitrogens with one attached hydrogen (secondary N) is 1. The molecule has 8 heteroatoms. The topological polar surface area (TPSA) is 107 Å². The fraction of sp³-hybridized carbons (Fsp3) is 0.174. The van der Waals surface area contributed by atoms with Crippen molar-refractivity contribution in [3.63, 3.8) is 0 Å². The number of nitrogens with two attached hydrogens (primary N) is 1. The number of hydrogen-bond donors (Lipinski definition) is 2. The molecule has 7 nitrogen and oxygen atoms in total. The van der Waals surface area contributed by atoms with Gasteiger partial charge in [0.25, 0.3) is 5.91 Å². The number of nitrogens with zero attached hydrogens (tertiary/aromatic N) is 4. The maximum absolute atomic E-state index is 12.7. The molecule has 31 heavy (non-hydrogen) atoms. The minimum atomic E-state index is -0.179. The van der Waals surface area contributed by atoms with Crippen LogP contribution in [0.4, 0.5) is 5.82 Å². The molecule has 4 heterocycles. The molecule has 156 valence electrons. The van der Waals surface area contributed by atoms with Crippen molar-refractivity contribution in [2.75, 3.05) is 5.73 Å². The third-order valence-electron chi connectivity index (χ3n) is 5.03. The molecule has 3 N–H and O–H groups in total. The molecule has 0 aliphatic carbocycles. The van der Waals surface area contributed by atoms with E-state index in [2.05, 4.69) is 25.3 Å². The molecule has 4 aromatic rings. The van der Waals surface area contributed by atoms with Crippen LogP contribution in [0, 0.1) is 13.8 Å². The van der Waals surface area contributed by atoms with E-state index in [0.29, 0.717) is 29.4 Å². The Morgan fingerprint density at radius 3 is 2.68 bits per heavy atom. The van der Waals surface area contributed by atoms with Crippen molar-refractivity contribution in [3.05, 3.63) is 87.7 Å². The first kappa shape index (κ1) is 20.7. The zero-order chi connectivity index (χ0) is 22.0. The molecule has 1 amide bonds. The Morgan fingerprint density at radius 2 is 1.87 bits per heavy atom. The molecule has 0 aliphatic rings. The normalized spacial score (nSPS) is 10.9. The first-order valence-electron chi connectivity index (χ1n) is 9.75. The van der Waals surface area contributed by atoms with Gasteiger partial charge in [-0.05, 0) is 55.3 Å². The van der Waals surface area contributed by atoms with E-state index in [4.69, 9.17) is 17.3 Å². The number of carbonyl (C=O) groups excluding carboxylic acids is 1. The maximum atomic E-state index is 12.7. The Bertz CT molecular complexity index is 1270. The summed E-state index contributed by atoms with van der Waals surface area (Å²) in [7, 11) is 0. The first-order valence-corrected chi connectivity index (χ1v) is 10.1. The van der Waals surface area contributed by atoms with Gasteiger partial charge in [-0.25, -0.2) is 4.98 Å². The summed E-state index contributed by atoms with van der Waals surface area (Å²) in [5, 5.41) is 4.44. The van der Waals surface area contributed by atoms with Gasteiger partial charge in [-0.2, -0.15) is 0 Å². The minimum absolute atomic E-state index is 0.179. The van der Waals surface area contributed by atoms with Gasteiger partial charge in [-0.3, -0.25) is 19.7 Å². The van der Waals surface area contributed by atoms with Gasteiger partial charge in [0.2, 0.25) is 0 Å². The van der Waals surface area contributed by atoms with Gasteiger partial charge in [0.1, 0.15) is 5.82 Å². The second-order valence-electron chi connectivity index (χ2n) is 7.35. The van der Waals surface area contributed by atoms with Crippen molar-refractivity contribution in [1.82, 2.24) is 25.3 Å². The summed E-state index contributed by atoms with van der Waals surface area (Å²) >= 11 is 6.04. The molecule has 0 radical (unpaired) electrons. The average Bonchev–Trinajstić information content (AvgIpc) is 2.72. The molecule has 0 atom stereocenters. The number of anilines is 1. The number of amides is 1. The van der Waals surface area contributed by atoms with Crippen LogP contribution in [0.2, 0.25) is 5.02 Å². The SMILES string of the molecule is Cc1cc(N)nc(C)c1CNC(=O)c1ccnc(Cc2cc3cc(Cl)cnc3cn2)c1. The van der Waals surface area contributed by atoms with Crippen LogP contribution in [0.3, 0.4) is 0 Å². The monoisotopic (exact) mass is 432 g/mol. The number of carbonyl (C=O) groups is 1. The Labute approximate surface area is 184 Å². The van der Waals surface area contributed by atoms with Crippen LogP contribution in [0.1, 0.15) is 38.6 Å². The molecule has 0 unspecified atom stereocenters. The van der Waals surface area contributed by atoms with Crippen molar-refractivity contribution >= 4 is 34.2 Å². The number of aryl methyl sites for hydroxylation is 2. The lowest BCUT2D eigenvalue weighted by Crippen LogP contribution is -2.24. The second kappa shape index (κ2) is 8.65.